The Bertz CT molecular complexity index is 1140. The standard InChI is InChI=1S/C30H39F3N2O4/c31-30(32,33)23-7-5-22(6-8-23)27(36)39-29(28(34)37)14-9-20(10-15-29)11-16-35-17-12-21(13-18-35)25-19-38-26-4-2-1-3-24(25)26/h1-4,19-23H,5-18H2,(H2,34,37). The summed E-state index contributed by atoms with van der Waals surface area (Å²) in [5.74, 6) is -2.24. The summed E-state index contributed by atoms with van der Waals surface area (Å²) >= 11 is 0. The summed E-state index contributed by atoms with van der Waals surface area (Å²) in [6, 6.07) is 8.19. The molecule has 6 nitrogen and oxygen atoms in total. The number of nitrogens with two attached hydrogens (primary N) is 1. The highest BCUT2D eigenvalue weighted by Gasteiger charge is 2.47. The van der Waals surface area contributed by atoms with Crippen LogP contribution >= 0.6 is 0 Å². The van der Waals surface area contributed by atoms with Crippen LogP contribution in [0.1, 0.15) is 82.1 Å². The fraction of sp³-hybridized carbons (Fsp3) is 0.667. The third kappa shape index (κ3) is 6.28. The van der Waals surface area contributed by atoms with E-state index in [1.54, 1.807) is 0 Å². The third-order valence-electron chi connectivity index (χ3n) is 9.57. The number of furan rings is 1. The van der Waals surface area contributed by atoms with Crippen LogP contribution in [0.3, 0.4) is 0 Å². The molecule has 214 valence electrons. The number of hydrogen-bond acceptors (Lipinski definition) is 5. The fourth-order valence-corrected chi connectivity index (χ4v) is 6.91. The average molecular weight is 549 g/mol. The zero-order chi connectivity index (χ0) is 27.6. The minimum Gasteiger partial charge on any atom is -0.464 e. The number of ether oxygens (including phenoxy) is 1. The van der Waals surface area contributed by atoms with Crippen molar-refractivity contribution in [1.29, 1.82) is 0 Å². The second-order valence-corrected chi connectivity index (χ2v) is 11.9. The molecule has 1 aromatic carbocycles. The molecule has 5 rings (SSSR count). The van der Waals surface area contributed by atoms with Gasteiger partial charge in [0.25, 0.3) is 5.91 Å². The Kier molecular flexibility index (Phi) is 8.26. The van der Waals surface area contributed by atoms with E-state index in [1.807, 2.05) is 18.4 Å². The molecule has 2 aliphatic carbocycles. The first-order valence-electron chi connectivity index (χ1n) is 14.4. The van der Waals surface area contributed by atoms with E-state index in [-0.39, 0.29) is 25.7 Å². The quantitative estimate of drug-likeness (QED) is 0.409. The maximum absolute atomic E-state index is 13.0. The molecule has 1 saturated heterocycles. The molecule has 0 spiro atoms. The SMILES string of the molecule is NC(=O)C1(OC(=O)C2CCC(C(F)(F)F)CC2)CCC(CCN2CCC(c3coc4ccccc34)CC2)CC1. The van der Waals surface area contributed by atoms with E-state index in [9.17, 15) is 22.8 Å². The van der Waals surface area contributed by atoms with Crippen molar-refractivity contribution in [3.05, 3.63) is 36.1 Å². The number of carbonyl (C=O) groups excluding carboxylic acids is 2. The first kappa shape index (κ1) is 28.0. The van der Waals surface area contributed by atoms with Crippen molar-refractivity contribution < 1.29 is 31.9 Å². The van der Waals surface area contributed by atoms with E-state index in [0.29, 0.717) is 24.7 Å². The predicted octanol–water partition coefficient (Wildman–Crippen LogP) is 6.33. The van der Waals surface area contributed by atoms with Crippen LogP contribution in [-0.2, 0) is 14.3 Å². The van der Waals surface area contributed by atoms with Crippen molar-refractivity contribution in [3.63, 3.8) is 0 Å². The Labute approximate surface area is 227 Å². The van der Waals surface area contributed by atoms with E-state index in [0.717, 1.165) is 57.3 Å². The Morgan fingerprint density at radius 1 is 1.00 bits per heavy atom. The average Bonchev–Trinajstić information content (AvgIpc) is 3.37. The first-order valence-corrected chi connectivity index (χ1v) is 14.4. The lowest BCUT2D eigenvalue weighted by Crippen LogP contribution is -2.51. The number of amides is 1. The smallest absolute Gasteiger partial charge is 0.391 e. The highest BCUT2D eigenvalue weighted by molar-refractivity contribution is 5.87. The van der Waals surface area contributed by atoms with Crippen molar-refractivity contribution in [2.45, 2.75) is 88.3 Å². The number of primary amides is 1. The molecular weight excluding hydrogens is 509 g/mol. The van der Waals surface area contributed by atoms with Gasteiger partial charge >= 0.3 is 12.1 Å². The molecule has 0 radical (unpaired) electrons. The lowest BCUT2D eigenvalue weighted by Gasteiger charge is -2.39. The van der Waals surface area contributed by atoms with Gasteiger partial charge in [-0.05, 0) is 108 Å². The second-order valence-electron chi connectivity index (χ2n) is 11.9. The van der Waals surface area contributed by atoms with E-state index < -0.39 is 35.5 Å². The van der Waals surface area contributed by atoms with Gasteiger partial charge in [-0.2, -0.15) is 13.2 Å². The molecule has 2 N–H and O–H groups in total. The van der Waals surface area contributed by atoms with Gasteiger partial charge in [0.2, 0.25) is 0 Å². The molecule has 39 heavy (non-hydrogen) atoms. The number of carbonyl (C=O) groups is 2. The van der Waals surface area contributed by atoms with Gasteiger partial charge in [-0.25, -0.2) is 0 Å². The van der Waals surface area contributed by atoms with Gasteiger partial charge in [0.15, 0.2) is 5.60 Å². The molecule has 3 fully saturated rings. The van der Waals surface area contributed by atoms with Crippen LogP contribution in [0.5, 0.6) is 0 Å². The largest absolute Gasteiger partial charge is 0.464 e. The Morgan fingerprint density at radius 3 is 2.31 bits per heavy atom. The van der Waals surface area contributed by atoms with Gasteiger partial charge in [0, 0.05) is 10.9 Å². The lowest BCUT2D eigenvalue weighted by atomic mass is 9.76. The Morgan fingerprint density at radius 2 is 1.67 bits per heavy atom. The summed E-state index contributed by atoms with van der Waals surface area (Å²) < 4.78 is 50.4. The summed E-state index contributed by atoms with van der Waals surface area (Å²) in [5.41, 5.74) is 6.62. The van der Waals surface area contributed by atoms with E-state index in [4.69, 9.17) is 14.9 Å². The maximum Gasteiger partial charge on any atom is 0.391 e. The van der Waals surface area contributed by atoms with Gasteiger partial charge in [-0.15, -0.1) is 0 Å². The number of alkyl halides is 3. The van der Waals surface area contributed by atoms with Crippen molar-refractivity contribution >= 4 is 22.8 Å². The van der Waals surface area contributed by atoms with Crippen molar-refractivity contribution in [1.82, 2.24) is 4.90 Å². The second kappa shape index (κ2) is 11.5. The number of para-hydroxylation sites is 1. The molecule has 1 aliphatic heterocycles. The summed E-state index contributed by atoms with van der Waals surface area (Å²) in [4.78, 5) is 27.7. The number of likely N-dealkylation sites (tertiary alicyclic amines) is 1. The van der Waals surface area contributed by atoms with Crippen LogP contribution in [-0.4, -0.2) is 48.2 Å². The summed E-state index contributed by atoms with van der Waals surface area (Å²) in [7, 11) is 0. The molecule has 2 aromatic rings. The first-order chi connectivity index (χ1) is 18.6. The van der Waals surface area contributed by atoms with Crippen LogP contribution in [0.15, 0.2) is 34.9 Å². The van der Waals surface area contributed by atoms with Crippen LogP contribution in [0.25, 0.3) is 11.0 Å². The topological polar surface area (TPSA) is 85.8 Å². The highest BCUT2D eigenvalue weighted by Crippen LogP contribution is 2.42. The van der Waals surface area contributed by atoms with Crippen molar-refractivity contribution in [2.24, 2.45) is 23.5 Å². The zero-order valence-corrected chi connectivity index (χ0v) is 22.4. The van der Waals surface area contributed by atoms with Crippen LogP contribution in [0, 0.1) is 17.8 Å². The summed E-state index contributed by atoms with van der Waals surface area (Å²) in [5, 5.41) is 1.21. The van der Waals surface area contributed by atoms with Gasteiger partial charge in [-0.1, -0.05) is 18.2 Å². The van der Waals surface area contributed by atoms with E-state index in [1.165, 1.54) is 10.9 Å². The van der Waals surface area contributed by atoms with E-state index in [2.05, 4.69) is 17.0 Å². The molecule has 3 aliphatic rings. The maximum atomic E-state index is 13.0. The number of piperidine rings is 1. The molecule has 2 heterocycles. The van der Waals surface area contributed by atoms with Crippen molar-refractivity contribution in [3.8, 4) is 0 Å². The lowest BCUT2D eigenvalue weighted by molar-refractivity contribution is -0.191. The fourth-order valence-electron chi connectivity index (χ4n) is 6.91. The molecule has 0 unspecified atom stereocenters. The van der Waals surface area contributed by atoms with Gasteiger partial charge in [0.1, 0.15) is 5.58 Å². The Balaban J connectivity index is 1.06. The minimum atomic E-state index is -4.23. The Hall–Kier alpha value is -2.55. The highest BCUT2D eigenvalue weighted by atomic mass is 19.4. The number of hydrogen-bond donors (Lipinski definition) is 1. The number of benzene rings is 1. The van der Waals surface area contributed by atoms with Crippen molar-refractivity contribution in [2.75, 3.05) is 19.6 Å². The molecular formula is C30H39F3N2O4. The van der Waals surface area contributed by atoms with Crippen LogP contribution < -0.4 is 5.73 Å². The summed E-state index contributed by atoms with van der Waals surface area (Å²) in [6.07, 6.45) is 3.26. The van der Waals surface area contributed by atoms with Crippen LogP contribution in [0.4, 0.5) is 13.2 Å². The van der Waals surface area contributed by atoms with Crippen LogP contribution in [0.2, 0.25) is 0 Å². The normalized spacial score (nSPS) is 29.4. The zero-order valence-electron chi connectivity index (χ0n) is 22.4. The van der Waals surface area contributed by atoms with Gasteiger partial charge < -0.3 is 19.8 Å². The number of halogens is 3. The number of esters is 1. The number of rotatable bonds is 7. The molecule has 1 amide bonds. The van der Waals surface area contributed by atoms with Gasteiger partial charge in [-0.3, -0.25) is 9.59 Å². The molecule has 2 saturated carbocycles. The summed E-state index contributed by atoms with van der Waals surface area (Å²) in [6.45, 7) is 3.07. The monoisotopic (exact) mass is 548 g/mol. The number of fused-ring (bicyclic) bond motifs is 1. The van der Waals surface area contributed by atoms with E-state index >= 15 is 0 Å². The molecule has 0 atom stereocenters. The van der Waals surface area contributed by atoms with Gasteiger partial charge in [0.05, 0.1) is 18.1 Å². The molecule has 0 bridgehead atoms. The predicted molar refractivity (Wildman–Crippen MR) is 141 cm³/mol. The molecule has 9 heteroatoms. The third-order valence-corrected chi connectivity index (χ3v) is 9.57. The minimum absolute atomic E-state index is 0.0785. The molecule has 1 aromatic heterocycles. The number of nitrogens with zero attached hydrogens (tertiary/aromatic N) is 1.